The normalized spacial score (nSPS) is 9.71. The molecule has 0 aromatic heterocycles. The average molecular weight is 269 g/mol. The van der Waals surface area contributed by atoms with Crippen molar-refractivity contribution in [2.24, 2.45) is 5.73 Å². The van der Waals surface area contributed by atoms with Crippen molar-refractivity contribution in [1.29, 1.82) is 0 Å². The monoisotopic (exact) mass is 269 g/mol. The van der Waals surface area contributed by atoms with Crippen molar-refractivity contribution in [2.45, 2.75) is 11.8 Å². The maximum absolute atomic E-state index is 10.8. The van der Waals surface area contributed by atoms with E-state index < -0.39 is 0 Å². The van der Waals surface area contributed by atoms with Gasteiger partial charge in [0.15, 0.2) is 5.11 Å². The maximum Gasteiger partial charge on any atom is 0.227 e. The molecule has 0 radical (unpaired) electrons. The molecule has 1 aromatic carbocycles. The van der Waals surface area contributed by atoms with Crippen LogP contribution in [-0.4, -0.2) is 23.3 Å². The van der Waals surface area contributed by atoms with Gasteiger partial charge in [0.1, 0.15) is 0 Å². The summed E-state index contributed by atoms with van der Waals surface area (Å²) in [6, 6.07) is 7.65. The van der Waals surface area contributed by atoms with Gasteiger partial charge in [-0.1, -0.05) is 12.1 Å². The molecule has 92 valence electrons. The van der Waals surface area contributed by atoms with Crippen molar-refractivity contribution in [3.63, 3.8) is 0 Å². The summed E-state index contributed by atoms with van der Waals surface area (Å²) < 4.78 is 0. The van der Waals surface area contributed by atoms with Crippen LogP contribution in [0, 0.1) is 0 Å². The number of benzene rings is 1. The Bertz CT molecular complexity index is 409. The summed E-state index contributed by atoms with van der Waals surface area (Å²) in [7, 11) is 0. The van der Waals surface area contributed by atoms with Crippen molar-refractivity contribution in [2.75, 3.05) is 17.6 Å². The molecule has 1 aromatic rings. The lowest BCUT2D eigenvalue weighted by Gasteiger charge is -2.12. The topological polar surface area (TPSA) is 67.2 Å². The van der Waals surface area contributed by atoms with Gasteiger partial charge >= 0.3 is 0 Å². The predicted octanol–water partition coefficient (Wildman–Crippen LogP) is 1.57. The molecule has 0 bridgehead atoms. The summed E-state index contributed by atoms with van der Waals surface area (Å²) in [5.41, 5.74) is 6.00. The molecule has 0 aliphatic heterocycles. The first kappa shape index (κ1) is 13.8. The first-order chi connectivity index (χ1) is 8.13. The zero-order valence-corrected chi connectivity index (χ0v) is 11.2. The van der Waals surface area contributed by atoms with Crippen LogP contribution in [0.4, 0.5) is 5.69 Å². The van der Waals surface area contributed by atoms with E-state index in [0.29, 0.717) is 5.11 Å². The van der Waals surface area contributed by atoms with E-state index in [1.807, 2.05) is 31.2 Å². The van der Waals surface area contributed by atoms with E-state index in [4.69, 9.17) is 18.0 Å². The highest BCUT2D eigenvalue weighted by atomic mass is 32.2. The number of thioether (sulfide) groups is 1. The lowest BCUT2D eigenvalue weighted by atomic mass is 10.3. The van der Waals surface area contributed by atoms with Crippen molar-refractivity contribution in [3.8, 4) is 0 Å². The molecule has 0 unspecified atom stereocenters. The summed E-state index contributed by atoms with van der Waals surface area (Å²) in [6.07, 6.45) is 0. The van der Waals surface area contributed by atoms with Crippen LogP contribution in [-0.2, 0) is 4.79 Å². The third-order valence-corrected chi connectivity index (χ3v) is 3.18. The molecule has 0 aliphatic carbocycles. The first-order valence-electron chi connectivity index (χ1n) is 5.18. The maximum atomic E-state index is 10.8. The highest BCUT2D eigenvalue weighted by molar-refractivity contribution is 8.00. The number of carbonyl (C=O) groups excluding carboxylic acids is 1. The van der Waals surface area contributed by atoms with Gasteiger partial charge in [-0.3, -0.25) is 4.79 Å². The summed E-state index contributed by atoms with van der Waals surface area (Å²) in [4.78, 5) is 11.7. The number of thiocarbonyl (C=S) groups is 1. The molecule has 0 saturated carbocycles. The van der Waals surface area contributed by atoms with E-state index in [2.05, 4.69) is 10.6 Å². The fourth-order valence-electron chi connectivity index (χ4n) is 1.17. The molecule has 0 spiro atoms. The van der Waals surface area contributed by atoms with Gasteiger partial charge in [-0.05, 0) is 31.3 Å². The van der Waals surface area contributed by atoms with Crippen molar-refractivity contribution < 1.29 is 4.79 Å². The number of hydrogen-bond acceptors (Lipinski definition) is 3. The van der Waals surface area contributed by atoms with Crippen molar-refractivity contribution >= 4 is 40.7 Å². The molecule has 4 nitrogen and oxygen atoms in total. The smallest absolute Gasteiger partial charge is 0.227 e. The van der Waals surface area contributed by atoms with Crippen LogP contribution in [0.15, 0.2) is 29.2 Å². The number of rotatable bonds is 5. The molecule has 4 N–H and O–H groups in total. The van der Waals surface area contributed by atoms with Crippen LogP contribution in [0.25, 0.3) is 0 Å². The molecule has 0 aliphatic rings. The van der Waals surface area contributed by atoms with E-state index in [9.17, 15) is 4.79 Å². The van der Waals surface area contributed by atoms with Gasteiger partial charge in [0.05, 0.1) is 11.4 Å². The van der Waals surface area contributed by atoms with Gasteiger partial charge in [-0.2, -0.15) is 0 Å². The SMILES string of the molecule is CCNC(=S)Nc1ccccc1SCC(N)=O. The number of hydrogen-bond donors (Lipinski definition) is 3. The number of carbonyl (C=O) groups is 1. The molecule has 1 rings (SSSR count). The van der Waals surface area contributed by atoms with Gasteiger partial charge in [-0.25, -0.2) is 0 Å². The molecular weight excluding hydrogens is 254 g/mol. The van der Waals surface area contributed by atoms with Gasteiger partial charge in [-0.15, -0.1) is 11.8 Å². The molecule has 6 heteroatoms. The number of para-hydroxylation sites is 1. The van der Waals surface area contributed by atoms with Gasteiger partial charge < -0.3 is 16.4 Å². The van der Waals surface area contributed by atoms with Crippen LogP contribution >= 0.6 is 24.0 Å². The van der Waals surface area contributed by atoms with Gasteiger partial charge in [0.2, 0.25) is 5.91 Å². The fourth-order valence-corrected chi connectivity index (χ4v) is 2.17. The largest absolute Gasteiger partial charge is 0.369 e. The number of nitrogens with two attached hydrogens (primary N) is 1. The van der Waals surface area contributed by atoms with Crippen LogP contribution in [0.2, 0.25) is 0 Å². The summed E-state index contributed by atoms with van der Waals surface area (Å²) in [5, 5.41) is 6.66. The Morgan fingerprint density at radius 3 is 2.82 bits per heavy atom. The molecular formula is C11H15N3OS2. The minimum Gasteiger partial charge on any atom is -0.369 e. The van der Waals surface area contributed by atoms with E-state index >= 15 is 0 Å². The second kappa shape index (κ2) is 7.13. The predicted molar refractivity (Wildman–Crippen MR) is 76.3 cm³/mol. The van der Waals surface area contributed by atoms with E-state index in [0.717, 1.165) is 17.1 Å². The number of anilines is 1. The molecule has 0 atom stereocenters. The highest BCUT2D eigenvalue weighted by Gasteiger charge is 2.05. The fraction of sp³-hybridized carbons (Fsp3) is 0.273. The highest BCUT2D eigenvalue weighted by Crippen LogP contribution is 2.26. The molecule has 1 amide bonds. The number of nitrogens with one attached hydrogen (secondary N) is 2. The zero-order chi connectivity index (χ0) is 12.7. The molecule has 17 heavy (non-hydrogen) atoms. The van der Waals surface area contributed by atoms with Crippen LogP contribution in [0.1, 0.15) is 6.92 Å². The first-order valence-corrected chi connectivity index (χ1v) is 6.58. The Morgan fingerprint density at radius 2 is 2.18 bits per heavy atom. The Morgan fingerprint density at radius 1 is 1.47 bits per heavy atom. The zero-order valence-electron chi connectivity index (χ0n) is 9.53. The summed E-state index contributed by atoms with van der Waals surface area (Å²) >= 11 is 6.50. The van der Waals surface area contributed by atoms with Crippen molar-refractivity contribution in [1.82, 2.24) is 5.32 Å². The van der Waals surface area contributed by atoms with Gasteiger partial charge in [0, 0.05) is 11.4 Å². The second-order valence-corrected chi connectivity index (χ2v) is 4.66. The van der Waals surface area contributed by atoms with E-state index in [1.54, 1.807) is 0 Å². The number of primary amides is 1. The van der Waals surface area contributed by atoms with Crippen LogP contribution in [0.5, 0.6) is 0 Å². The third-order valence-electron chi connectivity index (χ3n) is 1.84. The minimum atomic E-state index is -0.334. The lowest BCUT2D eigenvalue weighted by Crippen LogP contribution is -2.28. The Hall–Kier alpha value is -1.27. The Labute approximate surface area is 110 Å². The van der Waals surface area contributed by atoms with Crippen molar-refractivity contribution in [3.05, 3.63) is 24.3 Å². The third kappa shape index (κ3) is 5.06. The lowest BCUT2D eigenvalue weighted by molar-refractivity contribution is -0.115. The minimum absolute atomic E-state index is 0.257. The standard InChI is InChI=1S/C11H15N3OS2/c1-2-13-11(16)14-8-5-3-4-6-9(8)17-7-10(12)15/h3-6H,2,7H2,1H3,(H2,12,15)(H2,13,14,16). The van der Waals surface area contributed by atoms with Crippen LogP contribution < -0.4 is 16.4 Å². The molecule has 0 saturated heterocycles. The molecule has 0 heterocycles. The quantitative estimate of drug-likeness (QED) is 0.559. The molecule has 0 fully saturated rings. The number of amides is 1. The summed E-state index contributed by atoms with van der Waals surface area (Å²) in [6.45, 7) is 2.74. The summed E-state index contributed by atoms with van der Waals surface area (Å²) in [5.74, 6) is -0.0776. The Kier molecular flexibility index (Phi) is 5.79. The average Bonchev–Trinajstić information content (AvgIpc) is 2.28. The van der Waals surface area contributed by atoms with Gasteiger partial charge in [0.25, 0.3) is 0 Å². The Balaban J connectivity index is 2.70. The second-order valence-electron chi connectivity index (χ2n) is 3.24. The van der Waals surface area contributed by atoms with Crippen LogP contribution in [0.3, 0.4) is 0 Å². The van der Waals surface area contributed by atoms with E-state index in [1.165, 1.54) is 11.8 Å². The van der Waals surface area contributed by atoms with E-state index in [-0.39, 0.29) is 11.7 Å².